The summed E-state index contributed by atoms with van der Waals surface area (Å²) in [7, 11) is 1.59. The van der Waals surface area contributed by atoms with E-state index in [1.54, 1.807) is 13.2 Å². The molecular weight excluding hydrogens is 206 g/mol. The van der Waals surface area contributed by atoms with Crippen molar-refractivity contribution in [2.75, 3.05) is 31.2 Å². The molecule has 1 amide bonds. The first-order valence-corrected chi connectivity index (χ1v) is 5.04. The van der Waals surface area contributed by atoms with E-state index in [4.69, 9.17) is 10.5 Å². The van der Waals surface area contributed by atoms with Crippen LogP contribution in [0.5, 0.6) is 5.75 Å². The molecule has 16 heavy (non-hydrogen) atoms. The van der Waals surface area contributed by atoms with Crippen molar-refractivity contribution >= 4 is 17.3 Å². The number of nitrogen functional groups attached to an aromatic ring is 1. The summed E-state index contributed by atoms with van der Waals surface area (Å²) in [5.74, 6) is 0.675. The highest BCUT2D eigenvalue weighted by molar-refractivity contribution is 5.72. The second-order valence-corrected chi connectivity index (χ2v) is 3.40. The summed E-state index contributed by atoms with van der Waals surface area (Å²) in [5, 5.41) is 5.84. The largest absolute Gasteiger partial charge is 0.497 e. The number of nitrogens with one attached hydrogen (secondary N) is 2. The number of amides is 1. The molecule has 0 heterocycles. The predicted molar refractivity (Wildman–Crippen MR) is 64.6 cm³/mol. The van der Waals surface area contributed by atoms with E-state index < -0.39 is 0 Å². The van der Waals surface area contributed by atoms with Gasteiger partial charge in [-0.1, -0.05) is 0 Å². The van der Waals surface area contributed by atoms with Gasteiger partial charge in [0.15, 0.2) is 0 Å². The molecule has 0 spiro atoms. The summed E-state index contributed by atoms with van der Waals surface area (Å²) in [4.78, 5) is 10.6. The first kappa shape index (κ1) is 12.2. The van der Waals surface area contributed by atoms with Crippen LogP contribution in [0.25, 0.3) is 0 Å². The van der Waals surface area contributed by atoms with Crippen LogP contribution < -0.4 is 21.1 Å². The number of anilines is 2. The zero-order valence-corrected chi connectivity index (χ0v) is 9.54. The van der Waals surface area contributed by atoms with E-state index in [2.05, 4.69) is 10.6 Å². The van der Waals surface area contributed by atoms with Crippen molar-refractivity contribution < 1.29 is 9.53 Å². The summed E-state index contributed by atoms with van der Waals surface area (Å²) < 4.78 is 5.09. The number of carbonyl (C=O) groups excluding carboxylic acids is 1. The normalized spacial score (nSPS) is 9.62. The Morgan fingerprint density at radius 1 is 1.38 bits per heavy atom. The van der Waals surface area contributed by atoms with Crippen LogP contribution in [-0.4, -0.2) is 26.1 Å². The lowest BCUT2D eigenvalue weighted by Crippen LogP contribution is -2.26. The van der Waals surface area contributed by atoms with E-state index in [1.165, 1.54) is 6.92 Å². The molecule has 0 bridgehead atoms. The molecule has 1 aromatic carbocycles. The highest BCUT2D eigenvalue weighted by Crippen LogP contribution is 2.21. The van der Waals surface area contributed by atoms with Crippen molar-refractivity contribution in [2.45, 2.75) is 6.92 Å². The smallest absolute Gasteiger partial charge is 0.216 e. The molecule has 0 radical (unpaired) electrons. The maximum absolute atomic E-state index is 10.6. The lowest BCUT2D eigenvalue weighted by molar-refractivity contribution is -0.118. The summed E-state index contributed by atoms with van der Waals surface area (Å²) in [5.41, 5.74) is 7.21. The van der Waals surface area contributed by atoms with Gasteiger partial charge >= 0.3 is 0 Å². The number of benzene rings is 1. The van der Waals surface area contributed by atoms with Crippen molar-refractivity contribution in [1.29, 1.82) is 0 Å². The second-order valence-electron chi connectivity index (χ2n) is 3.40. The average Bonchev–Trinajstić information content (AvgIpc) is 2.23. The van der Waals surface area contributed by atoms with Crippen LogP contribution in [0.2, 0.25) is 0 Å². The Morgan fingerprint density at radius 3 is 2.75 bits per heavy atom. The molecule has 0 unspecified atom stereocenters. The van der Waals surface area contributed by atoms with Gasteiger partial charge in [-0.25, -0.2) is 0 Å². The molecule has 1 rings (SSSR count). The molecule has 0 aromatic heterocycles. The fourth-order valence-corrected chi connectivity index (χ4v) is 1.29. The number of methoxy groups -OCH3 is 1. The van der Waals surface area contributed by atoms with E-state index in [0.717, 1.165) is 5.69 Å². The molecule has 0 atom stereocenters. The molecule has 0 aliphatic carbocycles. The molecule has 1 aromatic rings. The SMILES string of the molecule is COc1cc(N)cc(NCCNC(C)=O)c1. The van der Waals surface area contributed by atoms with Crippen LogP contribution in [0.15, 0.2) is 18.2 Å². The van der Waals surface area contributed by atoms with Crippen LogP contribution in [-0.2, 0) is 4.79 Å². The molecule has 5 heteroatoms. The Bertz CT molecular complexity index is 366. The Hall–Kier alpha value is -1.91. The minimum absolute atomic E-state index is 0.0352. The Morgan fingerprint density at radius 2 is 2.12 bits per heavy atom. The fraction of sp³-hybridized carbons (Fsp3) is 0.364. The monoisotopic (exact) mass is 223 g/mol. The van der Waals surface area contributed by atoms with Gasteiger partial charge in [-0.3, -0.25) is 4.79 Å². The molecule has 0 aliphatic rings. The summed E-state index contributed by atoms with van der Waals surface area (Å²) in [6.45, 7) is 2.71. The lowest BCUT2D eigenvalue weighted by atomic mass is 10.2. The van der Waals surface area contributed by atoms with Gasteiger partial charge in [-0.2, -0.15) is 0 Å². The quantitative estimate of drug-likeness (QED) is 0.510. The number of rotatable bonds is 5. The molecule has 0 saturated carbocycles. The van der Waals surface area contributed by atoms with Crippen molar-refractivity contribution in [3.05, 3.63) is 18.2 Å². The highest BCUT2D eigenvalue weighted by Gasteiger charge is 1.98. The van der Waals surface area contributed by atoms with Crippen LogP contribution in [0.4, 0.5) is 11.4 Å². The van der Waals surface area contributed by atoms with Crippen molar-refractivity contribution in [3.8, 4) is 5.75 Å². The topological polar surface area (TPSA) is 76.4 Å². The van der Waals surface area contributed by atoms with Crippen molar-refractivity contribution in [2.24, 2.45) is 0 Å². The third-order valence-electron chi connectivity index (χ3n) is 1.99. The molecule has 5 nitrogen and oxygen atoms in total. The third-order valence-corrected chi connectivity index (χ3v) is 1.99. The number of nitrogens with two attached hydrogens (primary N) is 1. The van der Waals surface area contributed by atoms with E-state index in [1.807, 2.05) is 12.1 Å². The van der Waals surface area contributed by atoms with Gasteiger partial charge in [0.25, 0.3) is 0 Å². The first-order chi connectivity index (χ1) is 7.61. The standard InChI is InChI=1S/C11H17N3O2/c1-8(15)13-3-4-14-10-5-9(12)6-11(7-10)16-2/h5-7,14H,3-4,12H2,1-2H3,(H,13,15). The third kappa shape index (κ3) is 4.08. The second kappa shape index (κ2) is 5.85. The van der Waals surface area contributed by atoms with Gasteiger partial charge in [0.05, 0.1) is 7.11 Å². The van der Waals surface area contributed by atoms with Crippen molar-refractivity contribution in [1.82, 2.24) is 5.32 Å². The number of ether oxygens (including phenoxy) is 1. The highest BCUT2D eigenvalue weighted by atomic mass is 16.5. The van der Waals surface area contributed by atoms with E-state index >= 15 is 0 Å². The zero-order chi connectivity index (χ0) is 12.0. The van der Waals surface area contributed by atoms with Gasteiger partial charge in [0.2, 0.25) is 5.91 Å². The van der Waals surface area contributed by atoms with E-state index in [0.29, 0.717) is 24.5 Å². The molecule has 0 fully saturated rings. The Labute approximate surface area is 95.0 Å². The molecule has 0 aliphatic heterocycles. The molecule has 88 valence electrons. The van der Waals surface area contributed by atoms with Gasteiger partial charge < -0.3 is 21.1 Å². The number of hydrogen-bond acceptors (Lipinski definition) is 4. The first-order valence-electron chi connectivity index (χ1n) is 5.04. The fourth-order valence-electron chi connectivity index (χ4n) is 1.29. The molecule has 0 saturated heterocycles. The summed E-state index contributed by atoms with van der Waals surface area (Å²) in [6, 6.07) is 5.42. The van der Waals surface area contributed by atoms with Crippen LogP contribution >= 0.6 is 0 Å². The Balaban J connectivity index is 2.47. The van der Waals surface area contributed by atoms with E-state index in [9.17, 15) is 4.79 Å². The van der Waals surface area contributed by atoms with Gasteiger partial charge in [0, 0.05) is 43.5 Å². The predicted octanol–water partition coefficient (Wildman–Crippen LogP) is 0.825. The minimum atomic E-state index is -0.0352. The molecule has 4 N–H and O–H groups in total. The number of hydrogen-bond donors (Lipinski definition) is 3. The van der Waals surface area contributed by atoms with Crippen LogP contribution in [0, 0.1) is 0 Å². The average molecular weight is 223 g/mol. The van der Waals surface area contributed by atoms with Crippen LogP contribution in [0.3, 0.4) is 0 Å². The zero-order valence-electron chi connectivity index (χ0n) is 9.54. The van der Waals surface area contributed by atoms with Gasteiger partial charge in [0.1, 0.15) is 5.75 Å². The Kier molecular flexibility index (Phi) is 4.44. The summed E-state index contributed by atoms with van der Waals surface area (Å²) >= 11 is 0. The minimum Gasteiger partial charge on any atom is -0.497 e. The molecular formula is C11H17N3O2. The maximum atomic E-state index is 10.6. The number of carbonyl (C=O) groups is 1. The van der Waals surface area contributed by atoms with Gasteiger partial charge in [-0.15, -0.1) is 0 Å². The van der Waals surface area contributed by atoms with Crippen molar-refractivity contribution in [3.63, 3.8) is 0 Å². The lowest BCUT2D eigenvalue weighted by Gasteiger charge is -2.09. The van der Waals surface area contributed by atoms with E-state index in [-0.39, 0.29) is 5.91 Å². The van der Waals surface area contributed by atoms with Gasteiger partial charge in [-0.05, 0) is 6.07 Å². The summed E-state index contributed by atoms with van der Waals surface area (Å²) in [6.07, 6.45) is 0. The maximum Gasteiger partial charge on any atom is 0.216 e. The van der Waals surface area contributed by atoms with Crippen LogP contribution in [0.1, 0.15) is 6.92 Å².